The van der Waals surface area contributed by atoms with E-state index in [4.69, 9.17) is 21.4 Å². The predicted octanol–water partition coefficient (Wildman–Crippen LogP) is 4.04. The number of H-pyrrole nitrogens is 1. The maximum absolute atomic E-state index is 5.70. The van der Waals surface area contributed by atoms with Crippen LogP contribution in [0.2, 0.25) is 0 Å². The molecule has 5 heteroatoms. The molecular weight excluding hydrogens is 272 g/mol. The molecule has 0 saturated heterocycles. The quantitative estimate of drug-likeness (QED) is 0.667. The van der Waals surface area contributed by atoms with Crippen LogP contribution < -0.4 is 4.74 Å². The van der Waals surface area contributed by atoms with Crippen LogP contribution in [0.15, 0.2) is 28.7 Å². The molecule has 0 amide bonds. The lowest BCUT2D eigenvalue weighted by Crippen LogP contribution is -2.10. The fourth-order valence-corrected chi connectivity index (χ4v) is 1.97. The second kappa shape index (κ2) is 6.22. The Balaban J connectivity index is 1.78. The average molecular weight is 292 g/mol. The van der Waals surface area contributed by atoms with E-state index in [1.54, 1.807) is 0 Å². The van der Waals surface area contributed by atoms with E-state index < -0.39 is 0 Å². The van der Waals surface area contributed by atoms with Crippen LogP contribution in [0, 0.1) is 4.84 Å². The molecule has 0 aliphatic rings. The van der Waals surface area contributed by atoms with Crippen LogP contribution in [-0.4, -0.2) is 16.8 Å². The van der Waals surface area contributed by atoms with Gasteiger partial charge >= 0.3 is 0 Å². The van der Waals surface area contributed by atoms with E-state index in [0.29, 0.717) is 23.8 Å². The third-order valence-electron chi connectivity index (χ3n) is 3.01. The normalized spacial score (nSPS) is 11.6. The smallest absolute Gasteiger partial charge is 0.284 e. The minimum absolute atomic E-state index is 0.169. The number of aromatic amines is 1. The zero-order valence-electron chi connectivity index (χ0n) is 12.1. The highest BCUT2D eigenvalue weighted by Gasteiger charge is 2.12. The van der Waals surface area contributed by atoms with E-state index in [2.05, 4.69) is 43.1 Å². The summed E-state index contributed by atoms with van der Waals surface area (Å²) < 4.78 is 10.9. The van der Waals surface area contributed by atoms with Crippen molar-refractivity contribution in [3.63, 3.8) is 0 Å². The van der Waals surface area contributed by atoms with Gasteiger partial charge in [-0.15, -0.1) is 5.10 Å². The van der Waals surface area contributed by atoms with Crippen LogP contribution in [0.5, 0.6) is 5.75 Å². The second-order valence-electron chi connectivity index (χ2n) is 5.73. The summed E-state index contributed by atoms with van der Waals surface area (Å²) in [6.07, 6.45) is 1.55. The van der Waals surface area contributed by atoms with E-state index >= 15 is 0 Å². The van der Waals surface area contributed by atoms with Gasteiger partial charge in [0.1, 0.15) is 5.75 Å². The van der Waals surface area contributed by atoms with Gasteiger partial charge in [-0.05, 0) is 41.7 Å². The molecule has 0 radical (unpaired) electrons. The molecule has 0 saturated carbocycles. The fourth-order valence-electron chi connectivity index (χ4n) is 1.83. The van der Waals surface area contributed by atoms with Crippen molar-refractivity contribution in [2.45, 2.75) is 39.0 Å². The standard InChI is InChI=1S/C15H20N2O2S/c1-15(2,3)11-6-8-12(9-7-11)18-10-4-5-13-16-17-14(20)19-13/h6-9H,4-5,10H2,1-3H3,(H,17,20). The molecule has 0 aliphatic carbocycles. The second-order valence-corrected chi connectivity index (χ2v) is 6.10. The van der Waals surface area contributed by atoms with Crippen molar-refractivity contribution in [3.8, 4) is 5.75 Å². The molecule has 108 valence electrons. The van der Waals surface area contributed by atoms with E-state index in [-0.39, 0.29) is 5.41 Å². The first-order valence-electron chi connectivity index (χ1n) is 6.73. The highest BCUT2D eigenvalue weighted by Crippen LogP contribution is 2.24. The van der Waals surface area contributed by atoms with Crippen LogP contribution in [0.1, 0.15) is 38.6 Å². The molecule has 1 aromatic carbocycles. The SMILES string of the molecule is CC(C)(C)c1ccc(OCCCc2n[nH]c(=S)o2)cc1. The number of hydrogen-bond acceptors (Lipinski definition) is 4. The van der Waals surface area contributed by atoms with Gasteiger partial charge in [0.2, 0.25) is 5.89 Å². The molecule has 2 rings (SSSR count). The van der Waals surface area contributed by atoms with Crippen molar-refractivity contribution in [3.05, 3.63) is 40.6 Å². The van der Waals surface area contributed by atoms with Gasteiger partial charge < -0.3 is 9.15 Å². The van der Waals surface area contributed by atoms with E-state index in [1.807, 2.05) is 12.1 Å². The molecule has 0 atom stereocenters. The molecule has 0 bridgehead atoms. The third kappa shape index (κ3) is 4.20. The van der Waals surface area contributed by atoms with E-state index in [9.17, 15) is 0 Å². The topological polar surface area (TPSA) is 51.0 Å². The summed E-state index contributed by atoms with van der Waals surface area (Å²) in [5, 5.41) is 6.55. The molecule has 4 nitrogen and oxygen atoms in total. The van der Waals surface area contributed by atoms with Crippen LogP contribution in [0.3, 0.4) is 0 Å². The van der Waals surface area contributed by atoms with Gasteiger partial charge in [-0.1, -0.05) is 32.9 Å². The van der Waals surface area contributed by atoms with Crippen molar-refractivity contribution >= 4 is 12.2 Å². The largest absolute Gasteiger partial charge is 0.494 e. The Kier molecular flexibility index (Phi) is 4.60. The van der Waals surface area contributed by atoms with Gasteiger partial charge in [0.05, 0.1) is 6.61 Å². The zero-order valence-corrected chi connectivity index (χ0v) is 12.9. The molecule has 0 spiro atoms. The molecule has 1 N–H and O–H groups in total. The number of nitrogens with zero attached hydrogens (tertiary/aromatic N) is 1. The first kappa shape index (κ1) is 14.8. The third-order valence-corrected chi connectivity index (χ3v) is 3.18. The summed E-state index contributed by atoms with van der Waals surface area (Å²) in [4.78, 5) is 0.318. The molecule has 20 heavy (non-hydrogen) atoms. The monoisotopic (exact) mass is 292 g/mol. The van der Waals surface area contributed by atoms with Crippen molar-refractivity contribution in [1.82, 2.24) is 10.2 Å². The highest BCUT2D eigenvalue weighted by atomic mass is 32.1. The summed E-state index contributed by atoms with van der Waals surface area (Å²) in [5.74, 6) is 1.52. The summed E-state index contributed by atoms with van der Waals surface area (Å²) in [6, 6.07) is 8.26. The van der Waals surface area contributed by atoms with Gasteiger partial charge in [-0.25, -0.2) is 5.10 Å². The van der Waals surface area contributed by atoms with Gasteiger partial charge in [0.25, 0.3) is 4.84 Å². The Morgan fingerprint density at radius 2 is 1.95 bits per heavy atom. The van der Waals surface area contributed by atoms with E-state index in [1.165, 1.54) is 5.56 Å². The maximum atomic E-state index is 5.70. The average Bonchev–Trinajstić information content (AvgIpc) is 2.80. The molecule has 1 aromatic heterocycles. The number of ether oxygens (including phenoxy) is 1. The van der Waals surface area contributed by atoms with Crippen molar-refractivity contribution in [2.24, 2.45) is 0 Å². The lowest BCUT2D eigenvalue weighted by Gasteiger charge is -2.19. The molecule has 0 unspecified atom stereocenters. The summed E-state index contributed by atoms with van der Waals surface area (Å²) in [5.41, 5.74) is 1.47. The predicted molar refractivity (Wildman–Crippen MR) is 80.6 cm³/mol. The number of hydrogen-bond donors (Lipinski definition) is 1. The summed E-state index contributed by atoms with van der Waals surface area (Å²) in [6.45, 7) is 7.22. The Morgan fingerprint density at radius 3 is 2.50 bits per heavy atom. The van der Waals surface area contributed by atoms with Crippen LogP contribution in [0.4, 0.5) is 0 Å². The van der Waals surface area contributed by atoms with Crippen LogP contribution in [-0.2, 0) is 11.8 Å². The maximum Gasteiger partial charge on any atom is 0.284 e. The summed E-state index contributed by atoms with van der Waals surface area (Å²) >= 11 is 4.81. The lowest BCUT2D eigenvalue weighted by atomic mass is 9.87. The Labute approximate surface area is 124 Å². The number of nitrogens with one attached hydrogen (secondary N) is 1. The number of benzene rings is 1. The summed E-state index contributed by atoms with van der Waals surface area (Å²) in [7, 11) is 0. The molecule has 0 aliphatic heterocycles. The Hall–Kier alpha value is -1.62. The van der Waals surface area contributed by atoms with Crippen molar-refractivity contribution < 1.29 is 9.15 Å². The van der Waals surface area contributed by atoms with Gasteiger partial charge in [-0.2, -0.15) is 0 Å². The van der Waals surface area contributed by atoms with E-state index in [0.717, 1.165) is 12.2 Å². The molecule has 2 aromatic rings. The van der Waals surface area contributed by atoms with Gasteiger partial charge in [-0.3, -0.25) is 0 Å². The Bertz CT molecular complexity index is 593. The highest BCUT2D eigenvalue weighted by molar-refractivity contribution is 7.71. The first-order chi connectivity index (χ1) is 9.45. The number of aromatic nitrogens is 2. The molecular formula is C15H20N2O2S. The Morgan fingerprint density at radius 1 is 1.25 bits per heavy atom. The van der Waals surface area contributed by atoms with Gasteiger partial charge in [0.15, 0.2) is 0 Å². The van der Waals surface area contributed by atoms with Gasteiger partial charge in [0, 0.05) is 6.42 Å². The zero-order chi connectivity index (χ0) is 14.6. The lowest BCUT2D eigenvalue weighted by molar-refractivity contribution is 0.304. The number of rotatable bonds is 5. The van der Waals surface area contributed by atoms with Crippen LogP contribution >= 0.6 is 12.2 Å². The number of aryl methyl sites for hydroxylation is 1. The van der Waals surface area contributed by atoms with Crippen LogP contribution in [0.25, 0.3) is 0 Å². The first-order valence-corrected chi connectivity index (χ1v) is 7.14. The molecule has 1 heterocycles. The van der Waals surface area contributed by atoms with Crippen molar-refractivity contribution in [1.29, 1.82) is 0 Å². The molecule has 0 fully saturated rings. The minimum atomic E-state index is 0.169. The minimum Gasteiger partial charge on any atom is -0.494 e. The fraction of sp³-hybridized carbons (Fsp3) is 0.467. The van der Waals surface area contributed by atoms with Crippen molar-refractivity contribution in [2.75, 3.05) is 6.61 Å².